The summed E-state index contributed by atoms with van der Waals surface area (Å²) in [6, 6.07) is 11.1. The molecule has 2 fully saturated rings. The smallest absolute Gasteiger partial charge is 0.379 e. The topological polar surface area (TPSA) is 102 Å². The SMILES string of the molecule is Cc1cc(C2CC2)cn2c(O)c(C(=O)N3CCN(c4ccccc4C#N)C(=O)C3)nc12.FC(F)F. The van der Waals surface area contributed by atoms with Crippen molar-refractivity contribution in [2.45, 2.75) is 32.4 Å². The number of carbonyl (C=O) groups excluding carboxylic acids is 2. The molecule has 1 saturated carbocycles. The fourth-order valence-electron chi connectivity index (χ4n) is 4.16. The van der Waals surface area contributed by atoms with Crippen LogP contribution in [-0.2, 0) is 4.79 Å². The molecular formula is C24H22F3N5O3. The summed E-state index contributed by atoms with van der Waals surface area (Å²) in [4.78, 5) is 33.2. The number of rotatable bonds is 3. The number of aromatic hydroxyl groups is 1. The number of carbonyl (C=O) groups is 2. The minimum Gasteiger partial charge on any atom is -0.492 e. The number of piperazine rings is 1. The van der Waals surface area contributed by atoms with Crippen molar-refractivity contribution in [2.75, 3.05) is 24.5 Å². The minimum absolute atomic E-state index is 0.0466. The number of nitrogens with zero attached hydrogens (tertiary/aromatic N) is 5. The van der Waals surface area contributed by atoms with Crippen LogP contribution in [-0.4, -0.2) is 57.5 Å². The van der Waals surface area contributed by atoms with Crippen LogP contribution in [0.5, 0.6) is 5.88 Å². The second kappa shape index (κ2) is 9.66. The molecule has 35 heavy (non-hydrogen) atoms. The fourth-order valence-corrected chi connectivity index (χ4v) is 4.16. The number of benzene rings is 1. The first-order chi connectivity index (χ1) is 16.7. The molecule has 0 atom stereocenters. The molecule has 182 valence electrons. The number of aromatic nitrogens is 2. The van der Waals surface area contributed by atoms with E-state index in [1.165, 1.54) is 9.80 Å². The highest BCUT2D eigenvalue weighted by molar-refractivity contribution is 6.02. The van der Waals surface area contributed by atoms with Crippen molar-refractivity contribution in [2.24, 2.45) is 0 Å². The van der Waals surface area contributed by atoms with Crippen molar-refractivity contribution in [3.05, 3.63) is 58.9 Å². The van der Waals surface area contributed by atoms with Crippen molar-refractivity contribution in [3.63, 3.8) is 0 Å². The van der Waals surface area contributed by atoms with E-state index in [-0.39, 0.29) is 37.1 Å². The average Bonchev–Trinajstić information content (AvgIpc) is 3.62. The number of imidazole rings is 1. The summed E-state index contributed by atoms with van der Waals surface area (Å²) in [6.45, 7) is -1.35. The maximum atomic E-state index is 13.1. The van der Waals surface area contributed by atoms with E-state index in [9.17, 15) is 33.1 Å². The van der Waals surface area contributed by atoms with Crippen molar-refractivity contribution >= 4 is 23.1 Å². The number of anilines is 1. The molecule has 0 bridgehead atoms. The van der Waals surface area contributed by atoms with Crippen molar-refractivity contribution < 1.29 is 27.9 Å². The molecule has 5 rings (SSSR count). The molecule has 2 amide bonds. The van der Waals surface area contributed by atoms with E-state index >= 15 is 0 Å². The highest BCUT2D eigenvalue weighted by atomic mass is 19.4. The van der Waals surface area contributed by atoms with Gasteiger partial charge in [-0.3, -0.25) is 14.0 Å². The highest BCUT2D eigenvalue weighted by Crippen LogP contribution is 2.41. The number of para-hydroxylation sites is 1. The Labute approximate surface area is 198 Å². The van der Waals surface area contributed by atoms with Gasteiger partial charge in [0, 0.05) is 19.3 Å². The van der Waals surface area contributed by atoms with Crippen LogP contribution in [0.2, 0.25) is 0 Å². The van der Waals surface area contributed by atoms with Gasteiger partial charge in [0.2, 0.25) is 11.8 Å². The second-order valence-electron chi connectivity index (χ2n) is 8.36. The number of hydrogen-bond donors (Lipinski definition) is 1. The zero-order valence-electron chi connectivity index (χ0n) is 18.8. The predicted molar refractivity (Wildman–Crippen MR) is 120 cm³/mol. The van der Waals surface area contributed by atoms with Crippen molar-refractivity contribution in [1.82, 2.24) is 14.3 Å². The number of nitriles is 1. The van der Waals surface area contributed by atoms with Gasteiger partial charge in [0.1, 0.15) is 18.3 Å². The molecule has 0 radical (unpaired) electrons. The summed E-state index contributed by atoms with van der Waals surface area (Å²) in [5.74, 6) is -0.450. The zero-order valence-corrected chi connectivity index (χ0v) is 18.8. The number of amides is 2. The van der Waals surface area contributed by atoms with Crippen LogP contribution in [0.4, 0.5) is 18.9 Å². The van der Waals surface area contributed by atoms with Crippen LogP contribution in [0.15, 0.2) is 36.5 Å². The highest BCUT2D eigenvalue weighted by Gasteiger charge is 2.33. The molecule has 1 aromatic carbocycles. The first-order valence-electron chi connectivity index (χ1n) is 10.9. The van der Waals surface area contributed by atoms with Crippen molar-refractivity contribution in [3.8, 4) is 11.9 Å². The number of halogens is 3. The van der Waals surface area contributed by atoms with Gasteiger partial charge in [0.25, 0.3) is 5.91 Å². The van der Waals surface area contributed by atoms with Crippen LogP contribution in [0, 0.1) is 18.3 Å². The lowest BCUT2D eigenvalue weighted by Crippen LogP contribution is -2.52. The van der Waals surface area contributed by atoms with Gasteiger partial charge in [-0.05, 0) is 48.9 Å². The number of aryl methyl sites for hydroxylation is 1. The summed E-state index contributed by atoms with van der Waals surface area (Å²) in [5.41, 5.74) is 3.48. The van der Waals surface area contributed by atoms with Gasteiger partial charge in [0.05, 0.1) is 11.3 Å². The third-order valence-electron chi connectivity index (χ3n) is 5.97. The summed E-state index contributed by atoms with van der Waals surface area (Å²) < 4.78 is 30.6. The van der Waals surface area contributed by atoms with Gasteiger partial charge < -0.3 is 14.9 Å². The lowest BCUT2D eigenvalue weighted by atomic mass is 10.1. The van der Waals surface area contributed by atoms with Crippen LogP contribution in [0.3, 0.4) is 0 Å². The quantitative estimate of drug-likeness (QED) is 0.609. The molecule has 3 aromatic rings. The van der Waals surface area contributed by atoms with Crippen LogP contribution >= 0.6 is 0 Å². The molecule has 2 aliphatic rings. The van der Waals surface area contributed by atoms with Crippen LogP contribution in [0.25, 0.3) is 5.65 Å². The molecule has 1 N–H and O–H groups in total. The van der Waals surface area contributed by atoms with E-state index in [2.05, 4.69) is 17.1 Å². The van der Waals surface area contributed by atoms with E-state index in [4.69, 9.17) is 0 Å². The molecular weight excluding hydrogens is 463 g/mol. The van der Waals surface area contributed by atoms with Gasteiger partial charge >= 0.3 is 6.68 Å². The molecule has 0 unspecified atom stereocenters. The molecule has 2 aromatic heterocycles. The Morgan fingerprint density at radius 1 is 1.23 bits per heavy atom. The lowest BCUT2D eigenvalue weighted by molar-refractivity contribution is -0.120. The van der Waals surface area contributed by atoms with Crippen molar-refractivity contribution in [1.29, 1.82) is 5.26 Å². The minimum atomic E-state index is -3.67. The molecule has 1 saturated heterocycles. The van der Waals surface area contributed by atoms with Crippen LogP contribution < -0.4 is 4.90 Å². The van der Waals surface area contributed by atoms with E-state index < -0.39 is 12.6 Å². The number of hydrogen-bond acceptors (Lipinski definition) is 5. The van der Waals surface area contributed by atoms with Crippen LogP contribution in [0.1, 0.15) is 45.9 Å². The average molecular weight is 485 g/mol. The molecule has 11 heteroatoms. The Balaban J connectivity index is 0.000000672. The number of pyridine rings is 1. The first kappa shape index (κ1) is 24.1. The molecule has 1 aliphatic heterocycles. The summed E-state index contributed by atoms with van der Waals surface area (Å²) in [5, 5.41) is 20.0. The van der Waals surface area contributed by atoms with E-state index in [1.54, 1.807) is 28.7 Å². The summed E-state index contributed by atoms with van der Waals surface area (Å²) in [7, 11) is 0. The molecule has 3 heterocycles. The third-order valence-corrected chi connectivity index (χ3v) is 5.97. The Kier molecular flexibility index (Phi) is 6.64. The van der Waals surface area contributed by atoms with Gasteiger partial charge in [-0.1, -0.05) is 18.2 Å². The number of fused-ring (bicyclic) bond motifs is 1. The van der Waals surface area contributed by atoms with Gasteiger partial charge in [0.15, 0.2) is 5.69 Å². The first-order valence-corrected chi connectivity index (χ1v) is 10.9. The Hall–Kier alpha value is -4.07. The largest absolute Gasteiger partial charge is 0.492 e. The standard InChI is InChI=1S/C23H21N5O3.CHF3/c1-14-10-17(15-6-7-15)12-28-21(14)25-20(23(28)31)22(30)26-8-9-27(19(29)13-26)18-5-3-2-4-16(18)11-24;2-1(3)4/h2-5,10,12,15,31H,6-9,13H2,1H3;1H. The molecule has 0 spiro atoms. The molecule has 1 aliphatic carbocycles. The maximum Gasteiger partial charge on any atom is 0.379 e. The Morgan fingerprint density at radius 2 is 1.91 bits per heavy atom. The monoisotopic (exact) mass is 485 g/mol. The predicted octanol–water partition coefficient (Wildman–Crippen LogP) is 3.76. The number of alkyl halides is 3. The Bertz CT molecular complexity index is 1330. The van der Waals surface area contributed by atoms with Gasteiger partial charge in [-0.25, -0.2) is 4.98 Å². The second-order valence-corrected chi connectivity index (χ2v) is 8.36. The van der Waals surface area contributed by atoms with E-state index in [0.29, 0.717) is 22.8 Å². The van der Waals surface area contributed by atoms with Gasteiger partial charge in [-0.15, -0.1) is 0 Å². The lowest BCUT2D eigenvalue weighted by Gasteiger charge is -2.34. The van der Waals surface area contributed by atoms with Gasteiger partial charge in [-0.2, -0.15) is 18.4 Å². The molecule has 8 nitrogen and oxygen atoms in total. The zero-order chi connectivity index (χ0) is 25.3. The van der Waals surface area contributed by atoms with E-state index in [1.807, 2.05) is 13.1 Å². The third kappa shape index (κ3) is 4.91. The fraction of sp³-hybridized carbons (Fsp3) is 0.333. The maximum absolute atomic E-state index is 13.1. The Morgan fingerprint density at radius 3 is 2.54 bits per heavy atom. The summed E-state index contributed by atoms with van der Waals surface area (Å²) in [6.07, 6.45) is 4.11. The summed E-state index contributed by atoms with van der Waals surface area (Å²) >= 11 is 0. The van der Waals surface area contributed by atoms with E-state index in [0.717, 1.165) is 24.0 Å². The normalized spacial score (nSPS) is 15.7.